The smallest absolute Gasteiger partial charge is 0.404 e. The van der Waals surface area contributed by atoms with Gasteiger partial charge in [-0.1, -0.05) is 18.2 Å². The van der Waals surface area contributed by atoms with Gasteiger partial charge in [-0.15, -0.1) is 0 Å². The molecule has 0 aliphatic carbocycles. The second-order valence-corrected chi connectivity index (χ2v) is 3.85. The molecule has 2 amide bonds. The monoisotopic (exact) mass is 268 g/mol. The van der Waals surface area contributed by atoms with E-state index in [0.717, 1.165) is 16.7 Å². The molecule has 0 unspecified atom stereocenters. The first-order valence-corrected chi connectivity index (χ1v) is 5.68. The summed E-state index contributed by atoms with van der Waals surface area (Å²) >= 11 is 0. The van der Waals surface area contributed by atoms with Gasteiger partial charge in [0.2, 0.25) is 0 Å². The Bertz CT molecular complexity index is 425. The fourth-order valence-corrected chi connectivity index (χ4v) is 1.79. The van der Waals surface area contributed by atoms with Crippen LogP contribution in [0.2, 0.25) is 0 Å². The SMILES string of the molecule is O=C(O)NCc1cccc(CNC(=O)O)c1CCO. The molecule has 0 radical (unpaired) electrons. The summed E-state index contributed by atoms with van der Waals surface area (Å²) in [6.07, 6.45) is -1.93. The van der Waals surface area contributed by atoms with Crippen LogP contribution in [0.1, 0.15) is 16.7 Å². The van der Waals surface area contributed by atoms with Crippen molar-refractivity contribution in [2.45, 2.75) is 19.5 Å². The third-order valence-corrected chi connectivity index (χ3v) is 2.59. The summed E-state index contributed by atoms with van der Waals surface area (Å²) in [5, 5.41) is 30.7. The first kappa shape index (κ1) is 14.8. The van der Waals surface area contributed by atoms with E-state index in [1.807, 2.05) is 0 Å². The van der Waals surface area contributed by atoms with Gasteiger partial charge < -0.3 is 26.0 Å². The lowest BCUT2D eigenvalue weighted by Crippen LogP contribution is -2.23. The fraction of sp³-hybridized carbons (Fsp3) is 0.333. The zero-order chi connectivity index (χ0) is 14.3. The largest absolute Gasteiger partial charge is 0.465 e. The minimum absolute atomic E-state index is 0.0931. The van der Waals surface area contributed by atoms with E-state index in [-0.39, 0.29) is 19.7 Å². The average Bonchev–Trinajstić information content (AvgIpc) is 2.35. The van der Waals surface area contributed by atoms with E-state index in [1.165, 1.54) is 0 Å². The summed E-state index contributed by atoms with van der Waals surface area (Å²) in [7, 11) is 0. The predicted octanol–water partition coefficient (Wildman–Crippen LogP) is 0.757. The topological polar surface area (TPSA) is 119 Å². The molecule has 0 saturated carbocycles. The van der Waals surface area contributed by atoms with Gasteiger partial charge in [0.1, 0.15) is 0 Å². The Morgan fingerprint density at radius 1 is 1.00 bits per heavy atom. The molecule has 0 spiro atoms. The summed E-state index contributed by atoms with van der Waals surface area (Å²) < 4.78 is 0. The number of carbonyl (C=O) groups is 2. The van der Waals surface area contributed by atoms with Crippen LogP contribution in [0.5, 0.6) is 0 Å². The second kappa shape index (κ2) is 7.22. The summed E-state index contributed by atoms with van der Waals surface area (Å²) in [5.74, 6) is 0. The molecule has 0 atom stereocenters. The maximum atomic E-state index is 10.5. The van der Waals surface area contributed by atoms with E-state index in [0.29, 0.717) is 6.42 Å². The third-order valence-electron chi connectivity index (χ3n) is 2.59. The highest BCUT2D eigenvalue weighted by Gasteiger charge is 2.09. The van der Waals surface area contributed by atoms with Crippen molar-refractivity contribution >= 4 is 12.2 Å². The Labute approximate surface area is 109 Å². The molecule has 19 heavy (non-hydrogen) atoms. The minimum atomic E-state index is -1.14. The molecule has 0 fully saturated rings. The molecule has 0 bridgehead atoms. The highest BCUT2D eigenvalue weighted by Crippen LogP contribution is 2.16. The molecule has 7 heteroatoms. The quantitative estimate of drug-likeness (QED) is 0.522. The number of benzene rings is 1. The number of nitrogens with one attached hydrogen (secondary N) is 2. The summed E-state index contributed by atoms with van der Waals surface area (Å²) in [4.78, 5) is 21.0. The Hall–Kier alpha value is -2.28. The summed E-state index contributed by atoms with van der Waals surface area (Å²) in [5.41, 5.74) is 2.20. The molecule has 1 aromatic rings. The van der Waals surface area contributed by atoms with Crippen molar-refractivity contribution in [1.29, 1.82) is 0 Å². The standard InChI is InChI=1S/C12H16N2O5/c15-5-4-10-8(6-13-11(16)17)2-1-3-9(10)7-14-12(18)19/h1-3,13-15H,4-7H2,(H,16,17)(H,18,19). The van der Waals surface area contributed by atoms with Gasteiger partial charge in [-0.2, -0.15) is 0 Å². The molecule has 104 valence electrons. The predicted molar refractivity (Wildman–Crippen MR) is 67.0 cm³/mol. The summed E-state index contributed by atoms with van der Waals surface area (Å²) in [6.45, 7) is 0.140. The van der Waals surface area contributed by atoms with Gasteiger partial charge in [-0.05, 0) is 23.1 Å². The molecule has 1 aromatic carbocycles. The Kier molecular flexibility index (Phi) is 5.62. The number of aliphatic hydroxyl groups is 1. The number of hydrogen-bond acceptors (Lipinski definition) is 3. The lowest BCUT2D eigenvalue weighted by molar-refractivity contribution is 0.193. The number of aliphatic hydroxyl groups excluding tert-OH is 1. The van der Waals surface area contributed by atoms with E-state index in [2.05, 4.69) is 10.6 Å². The Morgan fingerprint density at radius 3 is 1.84 bits per heavy atom. The van der Waals surface area contributed by atoms with E-state index < -0.39 is 12.2 Å². The van der Waals surface area contributed by atoms with Crippen molar-refractivity contribution in [2.24, 2.45) is 0 Å². The fourth-order valence-electron chi connectivity index (χ4n) is 1.79. The van der Waals surface area contributed by atoms with Gasteiger partial charge in [-0.25, -0.2) is 9.59 Å². The number of hydrogen-bond donors (Lipinski definition) is 5. The molecular formula is C12H16N2O5. The maximum Gasteiger partial charge on any atom is 0.404 e. The Morgan fingerprint density at radius 2 is 1.47 bits per heavy atom. The van der Waals surface area contributed by atoms with Gasteiger partial charge in [-0.3, -0.25) is 0 Å². The third kappa shape index (κ3) is 4.84. The first-order chi connectivity index (χ1) is 9.04. The zero-order valence-electron chi connectivity index (χ0n) is 10.2. The lowest BCUT2D eigenvalue weighted by atomic mass is 9.98. The van der Waals surface area contributed by atoms with Crippen LogP contribution in [0, 0.1) is 0 Å². The van der Waals surface area contributed by atoms with Crippen molar-refractivity contribution in [1.82, 2.24) is 10.6 Å². The molecule has 0 heterocycles. The van der Waals surface area contributed by atoms with E-state index in [9.17, 15) is 9.59 Å². The van der Waals surface area contributed by atoms with Crippen LogP contribution in [0.3, 0.4) is 0 Å². The van der Waals surface area contributed by atoms with Crippen molar-refractivity contribution < 1.29 is 24.9 Å². The van der Waals surface area contributed by atoms with Gasteiger partial charge >= 0.3 is 12.2 Å². The van der Waals surface area contributed by atoms with Gasteiger partial charge in [0.05, 0.1) is 0 Å². The van der Waals surface area contributed by atoms with E-state index >= 15 is 0 Å². The van der Waals surface area contributed by atoms with Crippen LogP contribution in [0.15, 0.2) is 18.2 Å². The van der Waals surface area contributed by atoms with Crippen LogP contribution in [0.25, 0.3) is 0 Å². The maximum absolute atomic E-state index is 10.5. The molecule has 0 aromatic heterocycles. The second-order valence-electron chi connectivity index (χ2n) is 3.85. The number of rotatable bonds is 6. The first-order valence-electron chi connectivity index (χ1n) is 5.68. The number of carboxylic acid groups (broad SMARTS) is 2. The van der Waals surface area contributed by atoms with Gasteiger partial charge in [0.25, 0.3) is 0 Å². The van der Waals surface area contributed by atoms with Gasteiger partial charge in [0.15, 0.2) is 0 Å². The Balaban J connectivity index is 2.92. The summed E-state index contributed by atoms with van der Waals surface area (Å²) in [6, 6.07) is 5.20. The highest BCUT2D eigenvalue weighted by molar-refractivity contribution is 5.65. The molecule has 0 aliphatic rings. The molecule has 0 saturated heterocycles. The molecule has 1 rings (SSSR count). The number of amides is 2. The molecular weight excluding hydrogens is 252 g/mol. The van der Waals surface area contributed by atoms with Crippen LogP contribution in [-0.2, 0) is 19.5 Å². The minimum Gasteiger partial charge on any atom is -0.465 e. The van der Waals surface area contributed by atoms with Crippen molar-refractivity contribution in [2.75, 3.05) is 6.61 Å². The van der Waals surface area contributed by atoms with Gasteiger partial charge in [0, 0.05) is 19.7 Å². The van der Waals surface area contributed by atoms with Crippen LogP contribution in [0.4, 0.5) is 9.59 Å². The lowest BCUT2D eigenvalue weighted by Gasteiger charge is -2.14. The zero-order valence-corrected chi connectivity index (χ0v) is 10.2. The normalized spacial score (nSPS) is 9.95. The van der Waals surface area contributed by atoms with Crippen LogP contribution < -0.4 is 10.6 Å². The average molecular weight is 268 g/mol. The highest BCUT2D eigenvalue weighted by atomic mass is 16.4. The van der Waals surface area contributed by atoms with Crippen molar-refractivity contribution in [3.63, 3.8) is 0 Å². The van der Waals surface area contributed by atoms with E-state index in [1.54, 1.807) is 18.2 Å². The van der Waals surface area contributed by atoms with Crippen molar-refractivity contribution in [3.8, 4) is 0 Å². The van der Waals surface area contributed by atoms with Crippen LogP contribution >= 0.6 is 0 Å². The van der Waals surface area contributed by atoms with E-state index in [4.69, 9.17) is 15.3 Å². The molecule has 5 N–H and O–H groups in total. The van der Waals surface area contributed by atoms with Crippen molar-refractivity contribution in [3.05, 3.63) is 34.9 Å². The molecule has 0 aliphatic heterocycles. The van der Waals surface area contributed by atoms with Crippen LogP contribution in [-0.4, -0.2) is 34.1 Å². The molecule has 7 nitrogen and oxygen atoms in total.